The molecule has 2 aromatic rings. The third-order valence-corrected chi connectivity index (χ3v) is 3.17. The molecule has 0 spiro atoms. The quantitative estimate of drug-likeness (QED) is 0.519. The molecule has 0 atom stereocenters. The average molecular weight is 301 g/mol. The Bertz CT molecular complexity index is 712. The van der Waals surface area contributed by atoms with E-state index in [0.717, 1.165) is 4.90 Å². The number of anilines is 1. The molecule has 1 aromatic heterocycles. The van der Waals surface area contributed by atoms with Crippen molar-refractivity contribution in [3.8, 4) is 0 Å². The topological polar surface area (TPSA) is 68.7 Å². The zero-order valence-electron chi connectivity index (χ0n) is 12.3. The van der Waals surface area contributed by atoms with Crippen molar-refractivity contribution >= 4 is 24.0 Å². The van der Waals surface area contributed by atoms with Crippen LogP contribution in [0.15, 0.2) is 46.2 Å². The summed E-state index contributed by atoms with van der Waals surface area (Å²) in [6, 6.07) is 8.97. The molecule has 0 saturated carbocycles. The number of aromatic nitrogens is 1. The fourth-order valence-electron chi connectivity index (χ4n) is 2.01. The number of hydrogen-bond donors (Lipinski definition) is 4. The van der Waals surface area contributed by atoms with E-state index in [-0.39, 0.29) is 16.8 Å². The van der Waals surface area contributed by atoms with Crippen LogP contribution < -0.4 is 10.9 Å². The Balaban J connectivity index is 2.50. The summed E-state index contributed by atoms with van der Waals surface area (Å²) in [4.78, 5) is 15.6. The van der Waals surface area contributed by atoms with Crippen molar-refractivity contribution < 1.29 is 0 Å². The minimum absolute atomic E-state index is 0.192. The van der Waals surface area contributed by atoms with Gasteiger partial charge in [0.1, 0.15) is 0 Å². The van der Waals surface area contributed by atoms with E-state index in [1.54, 1.807) is 36.5 Å². The van der Waals surface area contributed by atoms with E-state index >= 15 is 0 Å². The number of rotatable bonds is 3. The third-order valence-electron chi connectivity index (χ3n) is 2.88. The van der Waals surface area contributed by atoms with Gasteiger partial charge in [0.05, 0.1) is 17.0 Å². The zero-order valence-corrected chi connectivity index (χ0v) is 13.2. The van der Waals surface area contributed by atoms with Crippen molar-refractivity contribution in [3.63, 3.8) is 0 Å². The van der Waals surface area contributed by atoms with E-state index in [9.17, 15) is 4.79 Å². The van der Waals surface area contributed by atoms with Crippen LogP contribution in [0, 0.1) is 5.41 Å². The summed E-state index contributed by atoms with van der Waals surface area (Å²) in [6.45, 7) is 6.03. The van der Waals surface area contributed by atoms with Crippen LogP contribution in [0.3, 0.4) is 0 Å². The van der Waals surface area contributed by atoms with Crippen molar-refractivity contribution in [2.45, 2.75) is 31.2 Å². The van der Waals surface area contributed by atoms with Crippen molar-refractivity contribution in [1.29, 1.82) is 5.41 Å². The largest absolute Gasteiger partial charge is 0.380 e. The number of thiol groups is 1. The first-order chi connectivity index (χ1) is 9.78. The summed E-state index contributed by atoms with van der Waals surface area (Å²) in [7, 11) is 0. The predicted octanol–water partition coefficient (Wildman–Crippen LogP) is 3.29. The van der Waals surface area contributed by atoms with E-state index in [4.69, 9.17) is 5.41 Å². The van der Waals surface area contributed by atoms with Crippen LogP contribution in [0.25, 0.3) is 0 Å². The van der Waals surface area contributed by atoms with Crippen LogP contribution in [0.1, 0.15) is 31.9 Å². The minimum Gasteiger partial charge on any atom is -0.380 e. The number of nitrogens with one attached hydrogen (secondary N) is 3. The van der Waals surface area contributed by atoms with Gasteiger partial charge in [0.2, 0.25) is 0 Å². The Morgan fingerprint density at radius 3 is 2.38 bits per heavy atom. The highest BCUT2D eigenvalue weighted by Crippen LogP contribution is 2.20. The van der Waals surface area contributed by atoms with Crippen molar-refractivity contribution in [2.24, 2.45) is 0 Å². The van der Waals surface area contributed by atoms with Crippen LogP contribution in [0.5, 0.6) is 0 Å². The number of hydrogen-bond acceptors (Lipinski definition) is 4. The van der Waals surface area contributed by atoms with E-state index in [1.165, 1.54) is 0 Å². The highest BCUT2D eigenvalue weighted by atomic mass is 32.1. The Labute approximate surface area is 129 Å². The molecule has 2 rings (SSSR count). The first-order valence-corrected chi connectivity index (χ1v) is 7.11. The van der Waals surface area contributed by atoms with Crippen LogP contribution in [0.4, 0.5) is 5.69 Å². The first-order valence-electron chi connectivity index (χ1n) is 6.66. The summed E-state index contributed by atoms with van der Waals surface area (Å²) in [5.41, 5.74) is 1.41. The SMILES string of the molecule is CC(C)(C)Nc1cc[nH]c(=O)c1C(=N)c1ccc(S)cc1. The lowest BCUT2D eigenvalue weighted by Crippen LogP contribution is -2.30. The highest BCUT2D eigenvalue weighted by Gasteiger charge is 2.18. The molecule has 0 fully saturated rings. The molecular weight excluding hydrogens is 282 g/mol. The summed E-state index contributed by atoms with van der Waals surface area (Å²) in [5, 5.41) is 11.6. The van der Waals surface area contributed by atoms with Gasteiger partial charge in [-0.05, 0) is 39.0 Å². The second kappa shape index (κ2) is 5.77. The molecule has 21 heavy (non-hydrogen) atoms. The van der Waals surface area contributed by atoms with Crippen molar-refractivity contribution in [2.75, 3.05) is 5.32 Å². The molecule has 110 valence electrons. The van der Waals surface area contributed by atoms with E-state index in [2.05, 4.69) is 22.9 Å². The van der Waals surface area contributed by atoms with Gasteiger partial charge in [-0.1, -0.05) is 12.1 Å². The van der Waals surface area contributed by atoms with E-state index in [0.29, 0.717) is 16.8 Å². The van der Waals surface area contributed by atoms with Crippen LogP contribution in [0.2, 0.25) is 0 Å². The van der Waals surface area contributed by atoms with Gasteiger partial charge in [0, 0.05) is 22.2 Å². The molecule has 0 bridgehead atoms. The van der Waals surface area contributed by atoms with Gasteiger partial charge in [0.25, 0.3) is 5.56 Å². The Morgan fingerprint density at radius 2 is 1.81 bits per heavy atom. The fourth-order valence-corrected chi connectivity index (χ4v) is 2.16. The van der Waals surface area contributed by atoms with Gasteiger partial charge in [-0.25, -0.2) is 0 Å². The molecule has 0 aliphatic rings. The molecule has 3 N–H and O–H groups in total. The van der Waals surface area contributed by atoms with Gasteiger partial charge in [-0.15, -0.1) is 12.6 Å². The Kier molecular flexibility index (Phi) is 4.23. The number of H-pyrrole nitrogens is 1. The maximum Gasteiger partial charge on any atom is 0.259 e. The molecule has 1 aromatic carbocycles. The van der Waals surface area contributed by atoms with Gasteiger partial charge < -0.3 is 10.3 Å². The minimum atomic E-state index is -0.274. The lowest BCUT2D eigenvalue weighted by molar-refractivity contribution is 0.633. The molecule has 1 heterocycles. The van der Waals surface area contributed by atoms with E-state index < -0.39 is 0 Å². The second-order valence-electron chi connectivity index (χ2n) is 5.89. The number of pyridine rings is 1. The summed E-state index contributed by atoms with van der Waals surface area (Å²) in [6.07, 6.45) is 1.59. The maximum atomic E-state index is 12.2. The molecule has 0 aliphatic carbocycles. The van der Waals surface area contributed by atoms with Crippen molar-refractivity contribution in [3.05, 3.63) is 58.0 Å². The molecule has 0 amide bonds. The molecule has 0 radical (unpaired) electrons. The smallest absolute Gasteiger partial charge is 0.259 e. The number of benzene rings is 1. The van der Waals surface area contributed by atoms with Crippen LogP contribution in [-0.2, 0) is 0 Å². The standard InChI is InChI=1S/C16H19N3OS/c1-16(2,3)19-12-8-9-18-15(20)13(12)14(17)10-4-6-11(21)7-5-10/h4-9,17,21H,1-3H3,(H2,18,19,20). The highest BCUT2D eigenvalue weighted by molar-refractivity contribution is 7.80. The molecule has 0 aliphatic heterocycles. The molecule has 5 heteroatoms. The van der Waals surface area contributed by atoms with Gasteiger partial charge in [-0.3, -0.25) is 10.2 Å². The lowest BCUT2D eigenvalue weighted by Gasteiger charge is -2.24. The van der Waals surface area contributed by atoms with Crippen LogP contribution >= 0.6 is 12.6 Å². The van der Waals surface area contributed by atoms with Gasteiger partial charge >= 0.3 is 0 Å². The lowest BCUT2D eigenvalue weighted by atomic mass is 10.0. The normalized spacial score (nSPS) is 11.2. The Hall–Kier alpha value is -2.01. The van der Waals surface area contributed by atoms with Gasteiger partial charge in [-0.2, -0.15) is 0 Å². The number of aromatic amines is 1. The average Bonchev–Trinajstić information content (AvgIpc) is 2.37. The molecule has 0 unspecified atom stereocenters. The zero-order chi connectivity index (χ0) is 15.6. The molecular formula is C16H19N3OS. The van der Waals surface area contributed by atoms with E-state index in [1.807, 2.05) is 20.8 Å². The summed E-state index contributed by atoms with van der Waals surface area (Å²) < 4.78 is 0. The van der Waals surface area contributed by atoms with Crippen molar-refractivity contribution in [1.82, 2.24) is 4.98 Å². The summed E-state index contributed by atoms with van der Waals surface area (Å²) >= 11 is 4.23. The summed E-state index contributed by atoms with van der Waals surface area (Å²) in [5.74, 6) is 0. The second-order valence-corrected chi connectivity index (χ2v) is 6.41. The third kappa shape index (κ3) is 3.76. The van der Waals surface area contributed by atoms with Crippen LogP contribution in [-0.4, -0.2) is 16.2 Å². The predicted molar refractivity (Wildman–Crippen MR) is 90.1 cm³/mol. The fraction of sp³-hybridized carbons (Fsp3) is 0.250. The first kappa shape index (κ1) is 15.4. The Morgan fingerprint density at radius 1 is 1.19 bits per heavy atom. The molecule has 4 nitrogen and oxygen atoms in total. The maximum absolute atomic E-state index is 12.2. The molecule has 0 saturated heterocycles. The monoisotopic (exact) mass is 301 g/mol. The van der Waals surface area contributed by atoms with Gasteiger partial charge in [0.15, 0.2) is 0 Å².